The Morgan fingerprint density at radius 1 is 0.912 bits per heavy atom. The predicted octanol–water partition coefficient (Wildman–Crippen LogP) is 7.40. The number of amides is 1. The fourth-order valence-electron chi connectivity index (χ4n) is 3.76. The number of rotatable bonds is 6. The molecule has 0 aliphatic heterocycles. The Hall–Kier alpha value is -3.61. The number of nitrogens with one attached hydrogen (secondary N) is 1. The van der Waals surface area contributed by atoms with Crippen LogP contribution in [0.5, 0.6) is 0 Å². The van der Waals surface area contributed by atoms with Crippen molar-refractivity contribution in [3.05, 3.63) is 101 Å². The van der Waals surface area contributed by atoms with E-state index < -0.39 is 0 Å². The van der Waals surface area contributed by atoms with E-state index in [1.54, 1.807) is 28.9 Å². The van der Waals surface area contributed by atoms with Crippen molar-refractivity contribution in [2.45, 2.75) is 20.3 Å². The molecule has 0 aliphatic carbocycles. The summed E-state index contributed by atoms with van der Waals surface area (Å²) >= 11 is 3.38. The molecule has 0 fully saturated rings. The summed E-state index contributed by atoms with van der Waals surface area (Å²) < 4.78 is 0. The molecule has 5 rings (SSSR count). The molecule has 0 bridgehead atoms. The van der Waals surface area contributed by atoms with Crippen molar-refractivity contribution < 1.29 is 4.79 Å². The lowest BCUT2D eigenvalue weighted by atomic mass is 10.1. The normalized spacial score (nSPS) is 10.9. The van der Waals surface area contributed by atoms with Crippen LogP contribution in [0.25, 0.3) is 31.6 Å². The molecule has 0 saturated heterocycles. The van der Waals surface area contributed by atoms with Crippen LogP contribution in [0.15, 0.2) is 84.4 Å². The first-order chi connectivity index (χ1) is 16.5. The third-order valence-corrected chi connectivity index (χ3v) is 7.68. The highest BCUT2D eigenvalue weighted by Crippen LogP contribution is 2.42. The molecule has 168 valence electrons. The first-order valence-corrected chi connectivity index (χ1v) is 12.7. The minimum atomic E-state index is -0.0891. The van der Waals surface area contributed by atoms with Crippen molar-refractivity contribution in [1.82, 2.24) is 9.97 Å². The average molecular weight is 482 g/mol. The molecule has 3 aromatic heterocycles. The van der Waals surface area contributed by atoms with Gasteiger partial charge in [-0.15, -0.1) is 22.7 Å². The van der Waals surface area contributed by atoms with E-state index in [0.717, 1.165) is 37.1 Å². The maximum absolute atomic E-state index is 12.6. The highest BCUT2D eigenvalue weighted by Gasteiger charge is 2.18. The van der Waals surface area contributed by atoms with Crippen LogP contribution in [0, 0.1) is 13.8 Å². The number of benzene rings is 2. The van der Waals surface area contributed by atoms with Gasteiger partial charge < -0.3 is 5.32 Å². The summed E-state index contributed by atoms with van der Waals surface area (Å²) in [5.41, 5.74) is 6.41. The van der Waals surface area contributed by atoms with Gasteiger partial charge in [-0.1, -0.05) is 54.1 Å². The lowest BCUT2D eigenvalue weighted by Gasteiger charge is -2.08. The maximum atomic E-state index is 12.6. The Morgan fingerprint density at radius 3 is 2.53 bits per heavy atom. The van der Waals surface area contributed by atoms with Gasteiger partial charge in [0.15, 0.2) is 0 Å². The molecule has 0 saturated carbocycles. The van der Waals surface area contributed by atoms with Crippen molar-refractivity contribution in [2.75, 3.05) is 5.32 Å². The number of hydrogen-bond acceptors (Lipinski definition) is 5. The van der Waals surface area contributed by atoms with E-state index in [2.05, 4.69) is 59.9 Å². The second-order valence-electron chi connectivity index (χ2n) is 8.19. The standard InChI is InChI=1S/C28H23N3OS2/c1-18-7-6-10-21(13-18)26-27(34-28(31-26)23-14-19(2)17-33-23)22-11-12-29-24(16-22)30-25(32)15-20-8-4-3-5-9-20/h3-14,16-17H,15H2,1-2H3,(H,29,30,32). The lowest BCUT2D eigenvalue weighted by Crippen LogP contribution is -2.15. The van der Waals surface area contributed by atoms with Gasteiger partial charge in [0.05, 0.1) is 21.9 Å². The summed E-state index contributed by atoms with van der Waals surface area (Å²) in [4.78, 5) is 24.2. The minimum absolute atomic E-state index is 0.0891. The molecular weight excluding hydrogens is 458 g/mol. The Kier molecular flexibility index (Phi) is 6.34. The van der Waals surface area contributed by atoms with Gasteiger partial charge in [0, 0.05) is 11.8 Å². The first kappa shape index (κ1) is 22.2. The number of thiophene rings is 1. The fourth-order valence-corrected chi connectivity index (χ4v) is 5.81. The number of thiazole rings is 1. The maximum Gasteiger partial charge on any atom is 0.229 e. The van der Waals surface area contributed by atoms with Gasteiger partial charge in [0.2, 0.25) is 5.91 Å². The zero-order valence-electron chi connectivity index (χ0n) is 18.9. The fraction of sp³-hybridized carbons (Fsp3) is 0.107. The van der Waals surface area contributed by atoms with Crippen molar-refractivity contribution in [3.63, 3.8) is 0 Å². The number of aryl methyl sites for hydroxylation is 2. The van der Waals surface area contributed by atoms with E-state index in [-0.39, 0.29) is 5.91 Å². The zero-order chi connectivity index (χ0) is 23.5. The molecule has 0 spiro atoms. The SMILES string of the molecule is Cc1cccc(-c2nc(-c3cc(C)cs3)sc2-c2ccnc(NC(=O)Cc3ccccc3)c2)c1. The van der Waals surface area contributed by atoms with E-state index in [4.69, 9.17) is 4.98 Å². The van der Waals surface area contributed by atoms with Gasteiger partial charge in [0.25, 0.3) is 0 Å². The van der Waals surface area contributed by atoms with Gasteiger partial charge in [-0.3, -0.25) is 4.79 Å². The van der Waals surface area contributed by atoms with Crippen LogP contribution in [0.4, 0.5) is 5.82 Å². The van der Waals surface area contributed by atoms with Gasteiger partial charge in [-0.2, -0.15) is 0 Å². The van der Waals surface area contributed by atoms with Crippen LogP contribution in [0.2, 0.25) is 0 Å². The smallest absolute Gasteiger partial charge is 0.229 e. The first-order valence-electron chi connectivity index (χ1n) is 11.0. The second kappa shape index (κ2) is 9.71. The average Bonchev–Trinajstić information content (AvgIpc) is 3.46. The predicted molar refractivity (Wildman–Crippen MR) is 142 cm³/mol. The van der Waals surface area contributed by atoms with Crippen molar-refractivity contribution in [1.29, 1.82) is 0 Å². The van der Waals surface area contributed by atoms with Gasteiger partial charge in [-0.05, 0) is 60.2 Å². The monoisotopic (exact) mass is 481 g/mol. The molecule has 0 atom stereocenters. The van der Waals surface area contributed by atoms with Crippen LogP contribution < -0.4 is 5.32 Å². The molecular formula is C28H23N3OS2. The summed E-state index contributed by atoms with van der Waals surface area (Å²) in [5, 5.41) is 6.09. The lowest BCUT2D eigenvalue weighted by molar-refractivity contribution is -0.115. The number of anilines is 1. The highest BCUT2D eigenvalue weighted by atomic mass is 32.1. The van der Waals surface area contributed by atoms with Crippen LogP contribution >= 0.6 is 22.7 Å². The van der Waals surface area contributed by atoms with Crippen molar-refractivity contribution in [2.24, 2.45) is 0 Å². The molecule has 34 heavy (non-hydrogen) atoms. The third-order valence-electron chi connectivity index (χ3n) is 5.36. The summed E-state index contributed by atoms with van der Waals surface area (Å²) in [6.07, 6.45) is 2.05. The van der Waals surface area contributed by atoms with Gasteiger partial charge >= 0.3 is 0 Å². The summed E-state index contributed by atoms with van der Waals surface area (Å²) in [7, 11) is 0. The molecule has 4 nitrogen and oxygen atoms in total. The molecule has 0 aliphatic rings. The van der Waals surface area contributed by atoms with Crippen LogP contribution in [-0.4, -0.2) is 15.9 Å². The summed E-state index contributed by atoms with van der Waals surface area (Å²) in [6, 6.07) is 24.2. The van der Waals surface area contributed by atoms with Gasteiger partial charge in [-0.25, -0.2) is 9.97 Å². The molecule has 3 heterocycles. The quantitative estimate of drug-likeness (QED) is 0.275. The van der Waals surface area contributed by atoms with E-state index in [0.29, 0.717) is 12.2 Å². The number of carbonyl (C=O) groups excluding carboxylic acids is 1. The summed E-state index contributed by atoms with van der Waals surface area (Å²) in [6.45, 7) is 4.19. The largest absolute Gasteiger partial charge is 0.310 e. The second-order valence-corrected chi connectivity index (χ2v) is 10.1. The zero-order valence-corrected chi connectivity index (χ0v) is 20.5. The number of aromatic nitrogens is 2. The van der Waals surface area contributed by atoms with E-state index in [9.17, 15) is 4.79 Å². The molecule has 0 radical (unpaired) electrons. The van der Waals surface area contributed by atoms with Crippen LogP contribution in [-0.2, 0) is 11.2 Å². The van der Waals surface area contributed by atoms with Crippen LogP contribution in [0.1, 0.15) is 16.7 Å². The van der Waals surface area contributed by atoms with Crippen molar-refractivity contribution in [3.8, 4) is 31.6 Å². The molecule has 1 N–H and O–H groups in total. The van der Waals surface area contributed by atoms with E-state index in [1.165, 1.54) is 11.1 Å². The van der Waals surface area contributed by atoms with E-state index >= 15 is 0 Å². The van der Waals surface area contributed by atoms with Crippen LogP contribution in [0.3, 0.4) is 0 Å². The topological polar surface area (TPSA) is 54.9 Å². The molecule has 1 amide bonds. The minimum Gasteiger partial charge on any atom is -0.310 e. The molecule has 0 unspecified atom stereocenters. The molecule has 2 aromatic carbocycles. The number of carbonyl (C=O) groups is 1. The Morgan fingerprint density at radius 2 is 1.76 bits per heavy atom. The summed E-state index contributed by atoms with van der Waals surface area (Å²) in [5.74, 6) is 0.448. The van der Waals surface area contributed by atoms with E-state index in [1.807, 2.05) is 42.5 Å². The van der Waals surface area contributed by atoms with Crippen molar-refractivity contribution >= 4 is 34.4 Å². The number of pyridine rings is 1. The highest BCUT2D eigenvalue weighted by molar-refractivity contribution is 7.23. The Balaban J connectivity index is 1.50. The third kappa shape index (κ3) is 4.98. The molecule has 5 aromatic rings. The van der Waals surface area contributed by atoms with Gasteiger partial charge in [0.1, 0.15) is 10.8 Å². The Bertz CT molecular complexity index is 1450. The number of hydrogen-bond donors (Lipinski definition) is 1. The Labute approximate surface area is 207 Å². The molecule has 6 heteroatoms. The number of nitrogens with zero attached hydrogens (tertiary/aromatic N) is 2.